The number of ether oxygens (including phenoxy) is 7. The first-order valence-corrected chi connectivity index (χ1v) is 31.9. The number of carbonyl (C=O) groups is 1. The predicted molar refractivity (Wildman–Crippen MR) is 329 cm³/mol. The standard InChI is InChI=1S/C71H108O8/c1-6-9-12-15-18-21-24-27-30-33-36-51-73-65-45-39-61(40-46-65)56-76-68-54-64(59-79-71(72)60(4)5)55-69(77-57-62-41-47-66(48-42-62)74-52-37-34-31-28-25-22-19-16-13-10-7-2)70(68)78-58-63-43-49-67(50-44-63)75-53-38-35-32-29-26-23-20-17-14-11-8-3/h39-50,54-55H,4,6-38,51-53,56-59H2,1-3,5H3. The van der Waals surface area contributed by atoms with Crippen LogP contribution in [0.25, 0.3) is 0 Å². The molecule has 440 valence electrons. The number of unbranched alkanes of at least 4 members (excludes halogenated alkanes) is 30. The average molecular weight is 1090 g/mol. The lowest BCUT2D eigenvalue weighted by Crippen LogP contribution is -2.08. The van der Waals surface area contributed by atoms with Crippen LogP contribution in [0.2, 0.25) is 0 Å². The summed E-state index contributed by atoms with van der Waals surface area (Å²) in [6.07, 6.45) is 43.2. The van der Waals surface area contributed by atoms with Crippen LogP contribution in [-0.4, -0.2) is 25.8 Å². The van der Waals surface area contributed by atoms with Crippen molar-refractivity contribution in [3.8, 4) is 34.5 Å². The quantitative estimate of drug-likeness (QED) is 0.0246. The molecule has 0 aliphatic rings. The first-order valence-electron chi connectivity index (χ1n) is 31.9. The predicted octanol–water partition coefficient (Wildman–Crippen LogP) is 21.1. The van der Waals surface area contributed by atoms with Gasteiger partial charge < -0.3 is 33.2 Å². The number of esters is 1. The Morgan fingerprint density at radius 1 is 0.329 bits per heavy atom. The van der Waals surface area contributed by atoms with Gasteiger partial charge in [-0.15, -0.1) is 0 Å². The second kappa shape index (κ2) is 44.6. The number of benzene rings is 4. The van der Waals surface area contributed by atoms with Gasteiger partial charge in [0, 0.05) is 5.57 Å². The third kappa shape index (κ3) is 32.1. The van der Waals surface area contributed by atoms with Crippen LogP contribution in [0, 0.1) is 0 Å². The van der Waals surface area contributed by atoms with Crippen LogP contribution in [0.4, 0.5) is 0 Å². The lowest BCUT2D eigenvalue weighted by molar-refractivity contribution is -0.140. The number of carbonyl (C=O) groups excluding carboxylic acids is 1. The summed E-state index contributed by atoms with van der Waals surface area (Å²) in [6.45, 7) is 15.2. The summed E-state index contributed by atoms with van der Waals surface area (Å²) in [5.41, 5.74) is 3.96. The Kier molecular flexibility index (Phi) is 37.5. The lowest BCUT2D eigenvalue weighted by atomic mass is 10.1. The van der Waals surface area contributed by atoms with Crippen molar-refractivity contribution in [2.45, 2.75) is 266 Å². The van der Waals surface area contributed by atoms with Gasteiger partial charge in [-0.1, -0.05) is 256 Å². The summed E-state index contributed by atoms with van der Waals surface area (Å²) in [5, 5.41) is 0. The molecular formula is C71H108O8. The maximum Gasteiger partial charge on any atom is 0.333 e. The van der Waals surface area contributed by atoms with Gasteiger partial charge in [0.2, 0.25) is 5.75 Å². The van der Waals surface area contributed by atoms with Crippen molar-refractivity contribution in [1.29, 1.82) is 0 Å². The van der Waals surface area contributed by atoms with Crippen LogP contribution in [0.3, 0.4) is 0 Å². The van der Waals surface area contributed by atoms with Crippen LogP contribution in [0.1, 0.15) is 262 Å². The molecule has 0 atom stereocenters. The summed E-state index contributed by atoms with van der Waals surface area (Å²) in [4.78, 5) is 12.6. The Bertz CT molecular complexity index is 2020. The second-order valence-electron chi connectivity index (χ2n) is 22.2. The Labute approximate surface area is 481 Å². The van der Waals surface area contributed by atoms with E-state index in [9.17, 15) is 4.79 Å². The van der Waals surface area contributed by atoms with Gasteiger partial charge in [-0.3, -0.25) is 0 Å². The highest BCUT2D eigenvalue weighted by molar-refractivity contribution is 5.86. The summed E-state index contributed by atoms with van der Waals surface area (Å²) in [7, 11) is 0. The molecule has 0 aromatic heterocycles. The van der Waals surface area contributed by atoms with Crippen molar-refractivity contribution in [3.05, 3.63) is 119 Å². The molecule has 0 spiro atoms. The fourth-order valence-corrected chi connectivity index (χ4v) is 9.74. The molecule has 0 amide bonds. The summed E-state index contributed by atoms with van der Waals surface area (Å²) < 4.78 is 44.0. The molecule has 0 unspecified atom stereocenters. The molecular weight excluding hydrogens is 981 g/mol. The van der Waals surface area contributed by atoms with Gasteiger partial charge in [0.25, 0.3) is 0 Å². The summed E-state index contributed by atoms with van der Waals surface area (Å²) in [5.74, 6) is 3.52. The zero-order chi connectivity index (χ0) is 56.1. The molecule has 0 bridgehead atoms. The van der Waals surface area contributed by atoms with Crippen molar-refractivity contribution in [1.82, 2.24) is 0 Å². The van der Waals surface area contributed by atoms with E-state index in [0.717, 1.165) is 53.2 Å². The first-order chi connectivity index (χ1) is 38.9. The van der Waals surface area contributed by atoms with E-state index in [2.05, 4.69) is 27.4 Å². The number of rotatable bonds is 51. The molecule has 0 N–H and O–H groups in total. The fraction of sp³-hybridized carbons (Fsp3) is 0.620. The summed E-state index contributed by atoms with van der Waals surface area (Å²) in [6, 6.07) is 28.1. The number of hydrogen-bond acceptors (Lipinski definition) is 8. The van der Waals surface area contributed by atoms with Crippen molar-refractivity contribution in [2.75, 3.05) is 19.8 Å². The molecule has 4 rings (SSSR count). The molecule has 0 saturated heterocycles. The van der Waals surface area contributed by atoms with Gasteiger partial charge in [-0.25, -0.2) is 4.79 Å². The van der Waals surface area contributed by atoms with Crippen LogP contribution in [0.5, 0.6) is 34.5 Å². The second-order valence-corrected chi connectivity index (χ2v) is 22.2. The molecule has 4 aromatic rings. The minimum atomic E-state index is -0.465. The molecule has 8 nitrogen and oxygen atoms in total. The Morgan fingerprint density at radius 2 is 0.595 bits per heavy atom. The summed E-state index contributed by atoms with van der Waals surface area (Å²) >= 11 is 0. The fourth-order valence-electron chi connectivity index (χ4n) is 9.74. The van der Waals surface area contributed by atoms with Gasteiger partial charge in [0.05, 0.1) is 19.8 Å². The zero-order valence-corrected chi connectivity index (χ0v) is 50.3. The monoisotopic (exact) mass is 1090 g/mol. The molecule has 0 saturated carbocycles. The highest BCUT2D eigenvalue weighted by Crippen LogP contribution is 2.41. The minimum absolute atomic E-state index is 0.00959. The maximum atomic E-state index is 12.6. The van der Waals surface area contributed by atoms with Gasteiger partial charge in [0.15, 0.2) is 11.5 Å². The molecule has 0 radical (unpaired) electrons. The van der Waals surface area contributed by atoms with Crippen molar-refractivity contribution in [3.63, 3.8) is 0 Å². The third-order valence-corrected chi connectivity index (χ3v) is 14.8. The van der Waals surface area contributed by atoms with Crippen LogP contribution >= 0.6 is 0 Å². The van der Waals surface area contributed by atoms with E-state index < -0.39 is 5.97 Å². The molecule has 0 fully saturated rings. The van der Waals surface area contributed by atoms with E-state index >= 15 is 0 Å². The molecule has 4 aromatic carbocycles. The SMILES string of the molecule is C=C(C)C(=O)OCc1cc(OCc2ccc(OCCCCCCCCCCCCC)cc2)c(OCc2ccc(OCCCCCCCCCCCCC)cc2)c(OCc2ccc(OCCCCCCCCCCCCC)cc2)c1. The highest BCUT2D eigenvalue weighted by Gasteiger charge is 2.19. The highest BCUT2D eigenvalue weighted by atomic mass is 16.5. The zero-order valence-electron chi connectivity index (χ0n) is 50.3. The van der Waals surface area contributed by atoms with Gasteiger partial charge >= 0.3 is 5.97 Å². The third-order valence-electron chi connectivity index (χ3n) is 14.8. The first kappa shape index (κ1) is 66.4. The normalized spacial score (nSPS) is 11.1. The topological polar surface area (TPSA) is 81.7 Å². The van der Waals surface area contributed by atoms with Gasteiger partial charge in [-0.05, 0) is 97.0 Å². The van der Waals surface area contributed by atoms with E-state index in [4.69, 9.17) is 33.2 Å². The van der Waals surface area contributed by atoms with E-state index in [1.54, 1.807) is 6.92 Å². The largest absolute Gasteiger partial charge is 0.494 e. The van der Waals surface area contributed by atoms with Crippen molar-refractivity contribution < 1.29 is 38.0 Å². The van der Waals surface area contributed by atoms with Gasteiger partial charge in [0.1, 0.15) is 43.7 Å². The Balaban J connectivity index is 1.37. The molecule has 79 heavy (non-hydrogen) atoms. The van der Waals surface area contributed by atoms with E-state index in [0.29, 0.717) is 48.2 Å². The van der Waals surface area contributed by atoms with E-state index in [1.165, 1.54) is 193 Å². The average Bonchev–Trinajstić information content (AvgIpc) is 3.47. The Hall–Kier alpha value is -5.11. The number of hydrogen-bond donors (Lipinski definition) is 0. The molecule has 0 aliphatic carbocycles. The van der Waals surface area contributed by atoms with Crippen LogP contribution in [-0.2, 0) is 36.0 Å². The van der Waals surface area contributed by atoms with Crippen LogP contribution < -0.4 is 28.4 Å². The maximum absolute atomic E-state index is 12.6. The molecule has 8 heteroatoms. The minimum Gasteiger partial charge on any atom is -0.494 e. The van der Waals surface area contributed by atoms with E-state index in [1.807, 2.05) is 84.9 Å². The van der Waals surface area contributed by atoms with Gasteiger partial charge in [-0.2, -0.15) is 0 Å². The lowest BCUT2D eigenvalue weighted by Gasteiger charge is -2.19. The van der Waals surface area contributed by atoms with E-state index in [-0.39, 0.29) is 26.4 Å². The smallest absolute Gasteiger partial charge is 0.333 e. The van der Waals surface area contributed by atoms with Crippen molar-refractivity contribution in [2.24, 2.45) is 0 Å². The Morgan fingerprint density at radius 3 is 0.873 bits per heavy atom. The molecule has 0 heterocycles. The van der Waals surface area contributed by atoms with Crippen molar-refractivity contribution >= 4 is 5.97 Å². The molecule has 0 aliphatic heterocycles. The van der Waals surface area contributed by atoms with Crippen LogP contribution in [0.15, 0.2) is 97.1 Å².